The number of fused-ring (bicyclic) bond motifs is 1. The second-order valence-corrected chi connectivity index (χ2v) is 7.12. The van der Waals surface area contributed by atoms with Crippen molar-refractivity contribution in [2.24, 2.45) is 0 Å². The van der Waals surface area contributed by atoms with Gasteiger partial charge < -0.3 is 14.6 Å². The van der Waals surface area contributed by atoms with Crippen molar-refractivity contribution in [3.05, 3.63) is 76.5 Å². The highest BCUT2D eigenvalue weighted by atomic mass is 35.5. The third-order valence-electron chi connectivity index (χ3n) is 4.48. The molecule has 0 fully saturated rings. The average molecular weight is 393 g/mol. The molecule has 0 spiro atoms. The quantitative estimate of drug-likeness (QED) is 0.651. The second-order valence-electron chi connectivity index (χ2n) is 6.68. The molecule has 0 bridgehead atoms. The Morgan fingerprint density at radius 2 is 1.93 bits per heavy atom. The number of anilines is 1. The first-order valence-electron chi connectivity index (χ1n) is 8.67. The number of hydrogen-bond donors (Lipinski definition) is 1. The molecule has 1 aliphatic heterocycles. The van der Waals surface area contributed by atoms with Crippen LogP contribution in [-0.4, -0.2) is 30.8 Å². The lowest BCUT2D eigenvalue weighted by Gasteiger charge is -2.10. The van der Waals surface area contributed by atoms with Crippen molar-refractivity contribution < 1.29 is 14.0 Å². The zero-order valence-corrected chi connectivity index (χ0v) is 16.1. The summed E-state index contributed by atoms with van der Waals surface area (Å²) in [5, 5.41) is 3.37. The van der Waals surface area contributed by atoms with Crippen LogP contribution in [0.1, 0.15) is 21.7 Å². The van der Waals surface area contributed by atoms with Crippen molar-refractivity contribution in [1.82, 2.24) is 4.90 Å². The van der Waals surface area contributed by atoms with Crippen LogP contribution < -0.4 is 5.32 Å². The number of furan rings is 1. The molecule has 0 atom stereocenters. The van der Waals surface area contributed by atoms with E-state index < -0.39 is 0 Å². The van der Waals surface area contributed by atoms with Gasteiger partial charge in [0.05, 0.1) is 5.57 Å². The molecule has 1 aromatic heterocycles. The minimum atomic E-state index is -0.200. The largest absolute Gasteiger partial charge is 0.457 e. The van der Waals surface area contributed by atoms with Crippen LogP contribution in [0.2, 0.25) is 5.02 Å². The molecule has 0 radical (unpaired) electrons. The first-order valence-corrected chi connectivity index (χ1v) is 9.05. The van der Waals surface area contributed by atoms with Crippen molar-refractivity contribution in [2.45, 2.75) is 0 Å². The maximum Gasteiger partial charge on any atom is 0.256 e. The van der Waals surface area contributed by atoms with E-state index >= 15 is 0 Å². The van der Waals surface area contributed by atoms with E-state index in [4.69, 9.17) is 16.0 Å². The van der Waals surface area contributed by atoms with Gasteiger partial charge in [0, 0.05) is 41.5 Å². The van der Waals surface area contributed by atoms with Crippen LogP contribution in [0.4, 0.5) is 5.69 Å². The molecule has 4 rings (SSSR count). The lowest BCUT2D eigenvalue weighted by Crippen LogP contribution is -2.21. The fraction of sp³-hybridized carbons (Fsp3) is 0.0909. The van der Waals surface area contributed by atoms with Gasteiger partial charge in [0.1, 0.15) is 11.5 Å². The molecule has 2 heterocycles. The number of amides is 2. The van der Waals surface area contributed by atoms with Gasteiger partial charge in [-0.1, -0.05) is 23.7 Å². The minimum absolute atomic E-state index is 0.0770. The molecule has 0 aliphatic carbocycles. The number of nitrogens with one attached hydrogen (secondary N) is 1. The Hall–Kier alpha value is -3.31. The highest BCUT2D eigenvalue weighted by Gasteiger charge is 2.24. The van der Waals surface area contributed by atoms with Crippen LogP contribution in [0.3, 0.4) is 0 Å². The van der Waals surface area contributed by atoms with Gasteiger partial charge >= 0.3 is 0 Å². The molecule has 2 aromatic carbocycles. The summed E-state index contributed by atoms with van der Waals surface area (Å²) in [5.41, 5.74) is 3.33. The summed E-state index contributed by atoms with van der Waals surface area (Å²) in [6.45, 7) is 0. The summed E-state index contributed by atoms with van der Waals surface area (Å²) in [5.74, 6) is 0.878. The van der Waals surface area contributed by atoms with Crippen LogP contribution in [0.15, 0.2) is 59.0 Å². The van der Waals surface area contributed by atoms with E-state index in [2.05, 4.69) is 5.32 Å². The third kappa shape index (κ3) is 3.32. The standard InChI is InChI=1S/C22H17ClN2O3/c1-25(2)22(27)14-5-3-4-13(10-14)20-9-7-16(28-20)12-18-17-11-15(23)6-8-19(17)24-21(18)26/h3-12H,1-2H3,(H,24,26). The van der Waals surface area contributed by atoms with E-state index in [0.717, 1.165) is 16.8 Å². The van der Waals surface area contributed by atoms with Crippen molar-refractivity contribution in [2.75, 3.05) is 19.4 Å². The Kier molecular flexibility index (Phi) is 4.53. The van der Waals surface area contributed by atoms with Gasteiger partial charge in [-0.3, -0.25) is 9.59 Å². The molecule has 0 saturated heterocycles. The summed E-state index contributed by atoms with van der Waals surface area (Å²) in [4.78, 5) is 26.0. The molecule has 28 heavy (non-hydrogen) atoms. The van der Waals surface area contributed by atoms with E-state index in [1.54, 1.807) is 56.6 Å². The number of hydrogen-bond acceptors (Lipinski definition) is 3. The van der Waals surface area contributed by atoms with E-state index in [0.29, 0.717) is 27.7 Å². The number of carbonyl (C=O) groups is 2. The molecule has 1 N–H and O–H groups in total. The Labute approximate surface area is 167 Å². The van der Waals surface area contributed by atoms with Crippen LogP contribution in [-0.2, 0) is 4.79 Å². The van der Waals surface area contributed by atoms with Crippen molar-refractivity contribution in [1.29, 1.82) is 0 Å². The predicted octanol–water partition coefficient (Wildman–Crippen LogP) is 4.79. The van der Waals surface area contributed by atoms with Gasteiger partial charge in [-0.2, -0.15) is 0 Å². The zero-order valence-electron chi connectivity index (χ0n) is 15.3. The molecule has 6 heteroatoms. The molecule has 1 aliphatic rings. The first-order chi connectivity index (χ1) is 13.4. The highest BCUT2D eigenvalue weighted by Crippen LogP contribution is 2.35. The van der Waals surface area contributed by atoms with Crippen molar-refractivity contribution in [3.63, 3.8) is 0 Å². The van der Waals surface area contributed by atoms with Gasteiger partial charge in [-0.25, -0.2) is 0 Å². The minimum Gasteiger partial charge on any atom is -0.457 e. The monoisotopic (exact) mass is 392 g/mol. The lowest BCUT2D eigenvalue weighted by atomic mass is 10.1. The Balaban J connectivity index is 1.67. The SMILES string of the molecule is CN(C)C(=O)c1cccc(-c2ccc(C=C3C(=O)Nc4ccc(Cl)cc43)o2)c1. The Bertz CT molecular complexity index is 1130. The molecule has 5 nitrogen and oxygen atoms in total. The molecular formula is C22H17ClN2O3. The fourth-order valence-corrected chi connectivity index (χ4v) is 3.27. The average Bonchev–Trinajstić information content (AvgIpc) is 3.27. The fourth-order valence-electron chi connectivity index (χ4n) is 3.10. The van der Waals surface area contributed by atoms with Crippen molar-refractivity contribution in [3.8, 4) is 11.3 Å². The molecular weight excluding hydrogens is 376 g/mol. The van der Waals surface area contributed by atoms with Gasteiger partial charge in [-0.05, 0) is 48.5 Å². The molecule has 0 unspecified atom stereocenters. The molecule has 0 saturated carbocycles. The number of benzene rings is 2. The maximum absolute atomic E-state index is 12.3. The van der Waals surface area contributed by atoms with Gasteiger partial charge in [0.15, 0.2) is 0 Å². The van der Waals surface area contributed by atoms with Crippen LogP contribution in [0.25, 0.3) is 23.0 Å². The third-order valence-corrected chi connectivity index (χ3v) is 4.71. The van der Waals surface area contributed by atoms with E-state index in [-0.39, 0.29) is 11.8 Å². The van der Waals surface area contributed by atoms with Gasteiger partial charge in [0.25, 0.3) is 11.8 Å². The number of carbonyl (C=O) groups excluding carboxylic acids is 2. The summed E-state index contributed by atoms with van der Waals surface area (Å²) in [6, 6.07) is 16.1. The summed E-state index contributed by atoms with van der Waals surface area (Å²) < 4.78 is 5.91. The number of rotatable bonds is 3. The van der Waals surface area contributed by atoms with Gasteiger partial charge in [-0.15, -0.1) is 0 Å². The number of nitrogens with zero attached hydrogens (tertiary/aromatic N) is 1. The maximum atomic E-state index is 12.3. The van der Waals surface area contributed by atoms with Crippen LogP contribution in [0, 0.1) is 0 Å². The zero-order chi connectivity index (χ0) is 19.8. The van der Waals surface area contributed by atoms with Crippen LogP contribution >= 0.6 is 11.6 Å². The Morgan fingerprint density at radius 1 is 1.11 bits per heavy atom. The second kappa shape index (κ2) is 7.02. The topological polar surface area (TPSA) is 62.6 Å². The first kappa shape index (κ1) is 18.1. The van der Waals surface area contributed by atoms with Crippen LogP contribution in [0.5, 0.6) is 0 Å². The van der Waals surface area contributed by atoms with E-state index in [9.17, 15) is 9.59 Å². The predicted molar refractivity (Wildman–Crippen MR) is 110 cm³/mol. The molecule has 2 amide bonds. The van der Waals surface area contributed by atoms with Gasteiger partial charge in [0.2, 0.25) is 0 Å². The number of halogens is 1. The highest BCUT2D eigenvalue weighted by molar-refractivity contribution is 6.36. The van der Waals surface area contributed by atoms with Crippen molar-refractivity contribution >= 4 is 40.8 Å². The van der Waals surface area contributed by atoms with E-state index in [1.807, 2.05) is 18.2 Å². The smallest absolute Gasteiger partial charge is 0.256 e. The summed E-state index contributed by atoms with van der Waals surface area (Å²) in [7, 11) is 3.42. The summed E-state index contributed by atoms with van der Waals surface area (Å²) in [6.07, 6.45) is 1.69. The molecule has 3 aromatic rings. The summed E-state index contributed by atoms with van der Waals surface area (Å²) >= 11 is 6.07. The van der Waals surface area contributed by atoms with E-state index in [1.165, 1.54) is 4.90 Å². The normalized spacial score (nSPS) is 14.1. The lowest BCUT2D eigenvalue weighted by molar-refractivity contribution is -0.110. The molecule has 140 valence electrons. The Morgan fingerprint density at radius 3 is 2.71 bits per heavy atom.